The second-order valence-corrected chi connectivity index (χ2v) is 7.49. The van der Waals surface area contributed by atoms with E-state index in [2.05, 4.69) is 56.7 Å². The summed E-state index contributed by atoms with van der Waals surface area (Å²) < 4.78 is 15.7. The van der Waals surface area contributed by atoms with Crippen molar-refractivity contribution in [1.29, 1.82) is 0 Å². The Bertz CT molecular complexity index is 803. The van der Waals surface area contributed by atoms with E-state index in [0.717, 1.165) is 33.6 Å². The van der Waals surface area contributed by atoms with Gasteiger partial charge >= 0.3 is 6.16 Å². The van der Waals surface area contributed by atoms with E-state index in [1.165, 1.54) is 12.7 Å². The molecule has 0 aliphatic rings. The zero-order valence-electron chi connectivity index (χ0n) is 17.6. The van der Waals surface area contributed by atoms with E-state index in [1.807, 2.05) is 20.8 Å². The van der Waals surface area contributed by atoms with Crippen LogP contribution in [0.1, 0.15) is 54.2 Å². The van der Waals surface area contributed by atoms with Crippen LogP contribution < -0.4 is 9.47 Å². The summed E-state index contributed by atoms with van der Waals surface area (Å²) in [6, 6.07) is 8.54. The maximum atomic E-state index is 11.5. The van der Waals surface area contributed by atoms with Crippen molar-refractivity contribution in [2.45, 2.75) is 53.9 Å². The predicted molar refractivity (Wildman–Crippen MR) is 108 cm³/mol. The molecule has 0 bridgehead atoms. The molecule has 0 unspecified atom stereocenters. The van der Waals surface area contributed by atoms with Gasteiger partial charge in [0.1, 0.15) is 11.5 Å². The summed E-state index contributed by atoms with van der Waals surface area (Å²) in [5.41, 5.74) is 6.27. The number of benzene rings is 2. The molecule has 0 fully saturated rings. The second kappa shape index (κ2) is 8.03. The zero-order valence-corrected chi connectivity index (χ0v) is 17.6. The van der Waals surface area contributed by atoms with Crippen molar-refractivity contribution in [2.24, 2.45) is 0 Å². The van der Waals surface area contributed by atoms with Crippen molar-refractivity contribution < 1.29 is 19.0 Å². The summed E-state index contributed by atoms with van der Waals surface area (Å²) >= 11 is 0. The number of ether oxygens (including phenoxy) is 3. The van der Waals surface area contributed by atoms with Crippen molar-refractivity contribution in [3.05, 3.63) is 57.6 Å². The fourth-order valence-corrected chi connectivity index (χ4v) is 3.45. The molecular weight excluding hydrogens is 340 g/mol. The van der Waals surface area contributed by atoms with Gasteiger partial charge in [0.05, 0.1) is 13.7 Å². The Balaban J connectivity index is 2.49. The van der Waals surface area contributed by atoms with Gasteiger partial charge in [0, 0.05) is 5.41 Å². The van der Waals surface area contributed by atoms with Gasteiger partial charge in [0.25, 0.3) is 0 Å². The normalized spacial score (nSPS) is 11.3. The summed E-state index contributed by atoms with van der Waals surface area (Å²) in [7, 11) is 1.31. The highest BCUT2D eigenvalue weighted by molar-refractivity contribution is 5.65. The van der Waals surface area contributed by atoms with E-state index in [9.17, 15) is 4.79 Å². The molecule has 27 heavy (non-hydrogen) atoms. The van der Waals surface area contributed by atoms with E-state index in [4.69, 9.17) is 9.47 Å². The quantitative estimate of drug-likeness (QED) is 0.493. The van der Waals surface area contributed by atoms with Gasteiger partial charge in [-0.15, -0.1) is 0 Å². The first-order valence-corrected chi connectivity index (χ1v) is 9.23. The van der Waals surface area contributed by atoms with Crippen LogP contribution in [0.5, 0.6) is 11.5 Å². The van der Waals surface area contributed by atoms with Gasteiger partial charge in [0.2, 0.25) is 0 Å². The SMILES string of the molecule is CCOc1c(C)cc(C(C)(C)c2cc(C)c(OC(=O)OC)c(C)c2)cc1C. The third-order valence-corrected chi connectivity index (χ3v) is 5.00. The maximum absolute atomic E-state index is 11.5. The van der Waals surface area contributed by atoms with Crippen molar-refractivity contribution >= 4 is 6.16 Å². The minimum atomic E-state index is -0.703. The van der Waals surface area contributed by atoms with Crippen molar-refractivity contribution in [3.63, 3.8) is 0 Å². The van der Waals surface area contributed by atoms with Gasteiger partial charge in [-0.2, -0.15) is 0 Å². The smallest absolute Gasteiger partial charge is 0.493 e. The van der Waals surface area contributed by atoms with Crippen molar-refractivity contribution in [2.75, 3.05) is 13.7 Å². The number of aryl methyl sites for hydroxylation is 4. The molecule has 0 N–H and O–H groups in total. The number of rotatable bonds is 5. The van der Waals surface area contributed by atoms with E-state index in [-0.39, 0.29) is 5.41 Å². The molecule has 2 aromatic carbocycles. The van der Waals surface area contributed by atoms with Gasteiger partial charge < -0.3 is 14.2 Å². The molecule has 0 aliphatic heterocycles. The van der Waals surface area contributed by atoms with Crippen molar-refractivity contribution in [1.82, 2.24) is 0 Å². The Morgan fingerprint density at radius 1 is 0.852 bits per heavy atom. The number of carbonyl (C=O) groups excluding carboxylic acids is 1. The second-order valence-electron chi connectivity index (χ2n) is 7.49. The van der Waals surface area contributed by atoms with E-state index >= 15 is 0 Å². The fraction of sp³-hybridized carbons (Fsp3) is 0.435. The molecule has 2 aromatic rings. The van der Waals surface area contributed by atoms with Crippen LogP contribution in [-0.4, -0.2) is 19.9 Å². The topological polar surface area (TPSA) is 44.8 Å². The predicted octanol–water partition coefficient (Wildman–Crippen LogP) is 5.79. The van der Waals surface area contributed by atoms with Crippen LogP contribution in [0.15, 0.2) is 24.3 Å². The lowest BCUT2D eigenvalue weighted by atomic mass is 9.76. The molecule has 4 heteroatoms. The molecule has 0 aliphatic carbocycles. The van der Waals surface area contributed by atoms with Gasteiger partial charge in [-0.1, -0.05) is 38.1 Å². The van der Waals surface area contributed by atoms with Gasteiger partial charge in [-0.05, 0) is 68.0 Å². The van der Waals surface area contributed by atoms with E-state index < -0.39 is 6.16 Å². The molecule has 0 spiro atoms. The molecular formula is C23H30O4. The summed E-state index contributed by atoms with van der Waals surface area (Å²) in [5, 5.41) is 0. The molecule has 0 aromatic heterocycles. The van der Waals surface area contributed by atoms with E-state index in [1.54, 1.807) is 0 Å². The lowest BCUT2D eigenvalue weighted by Gasteiger charge is -2.29. The number of methoxy groups -OCH3 is 1. The highest BCUT2D eigenvalue weighted by atomic mass is 16.7. The summed E-state index contributed by atoms with van der Waals surface area (Å²) in [5.74, 6) is 1.52. The molecule has 0 atom stereocenters. The van der Waals surface area contributed by atoms with Crippen LogP contribution in [0.3, 0.4) is 0 Å². The first kappa shape index (κ1) is 20.8. The van der Waals surface area contributed by atoms with Crippen LogP contribution in [-0.2, 0) is 10.2 Å². The molecule has 4 nitrogen and oxygen atoms in total. The molecule has 0 saturated heterocycles. The van der Waals surface area contributed by atoms with Crippen molar-refractivity contribution in [3.8, 4) is 11.5 Å². The van der Waals surface area contributed by atoms with Gasteiger partial charge in [-0.3, -0.25) is 0 Å². The minimum absolute atomic E-state index is 0.209. The summed E-state index contributed by atoms with van der Waals surface area (Å²) in [6.07, 6.45) is -0.703. The average Bonchev–Trinajstić information content (AvgIpc) is 2.60. The Labute approximate surface area is 162 Å². The van der Waals surface area contributed by atoms with Crippen LogP contribution in [0.4, 0.5) is 4.79 Å². The van der Waals surface area contributed by atoms with Gasteiger partial charge in [-0.25, -0.2) is 4.79 Å². The van der Waals surface area contributed by atoms with Crippen LogP contribution in [0, 0.1) is 27.7 Å². The first-order chi connectivity index (χ1) is 12.6. The lowest BCUT2D eigenvalue weighted by Crippen LogP contribution is -2.20. The minimum Gasteiger partial charge on any atom is -0.493 e. The molecule has 0 heterocycles. The Kier molecular flexibility index (Phi) is 6.19. The van der Waals surface area contributed by atoms with Crippen LogP contribution in [0.25, 0.3) is 0 Å². The highest BCUT2D eigenvalue weighted by Crippen LogP contribution is 2.38. The molecule has 146 valence electrons. The van der Waals surface area contributed by atoms with Crippen LogP contribution in [0.2, 0.25) is 0 Å². The largest absolute Gasteiger partial charge is 0.513 e. The van der Waals surface area contributed by atoms with E-state index in [0.29, 0.717) is 12.4 Å². The average molecular weight is 370 g/mol. The zero-order chi connectivity index (χ0) is 20.4. The number of hydrogen-bond donors (Lipinski definition) is 0. The monoisotopic (exact) mass is 370 g/mol. The van der Waals surface area contributed by atoms with Gasteiger partial charge in [0.15, 0.2) is 0 Å². The highest BCUT2D eigenvalue weighted by Gasteiger charge is 2.26. The fourth-order valence-electron chi connectivity index (χ4n) is 3.45. The molecule has 2 rings (SSSR count). The molecule has 0 amide bonds. The summed E-state index contributed by atoms with van der Waals surface area (Å²) in [4.78, 5) is 11.5. The number of hydrogen-bond acceptors (Lipinski definition) is 4. The first-order valence-electron chi connectivity index (χ1n) is 9.23. The molecule has 0 saturated carbocycles. The Hall–Kier alpha value is -2.49. The Morgan fingerprint density at radius 2 is 1.26 bits per heavy atom. The molecule has 0 radical (unpaired) electrons. The van der Waals surface area contributed by atoms with Crippen LogP contribution >= 0.6 is 0 Å². The standard InChI is InChI=1S/C23H30O4/c1-9-26-20-14(2)10-18(11-15(20)3)23(6,7)19-12-16(4)21(17(5)13-19)27-22(24)25-8/h10-13H,9H2,1-8H3. The summed E-state index contributed by atoms with van der Waals surface area (Å²) in [6.45, 7) is 15.1. The maximum Gasteiger partial charge on any atom is 0.513 e. The number of carbonyl (C=O) groups is 1. The Morgan fingerprint density at radius 3 is 1.63 bits per heavy atom. The lowest BCUT2D eigenvalue weighted by molar-refractivity contribution is 0.121. The third-order valence-electron chi connectivity index (χ3n) is 5.00. The third kappa shape index (κ3) is 4.26.